The van der Waals surface area contributed by atoms with Gasteiger partial charge in [-0.1, -0.05) is 0 Å². The third-order valence-electron chi connectivity index (χ3n) is 4.87. The molecule has 100 valence electrons. The minimum Gasteiger partial charge on any atom is -0.383 e. The Morgan fingerprint density at radius 2 is 1.79 bits per heavy atom. The molecule has 2 N–H and O–H groups in total. The van der Waals surface area contributed by atoms with Crippen molar-refractivity contribution in [3.05, 3.63) is 17.6 Å². The fraction of sp³-hybridized carbons (Fsp3) is 0.600. The van der Waals surface area contributed by atoms with Gasteiger partial charge in [0.1, 0.15) is 17.8 Å². The predicted molar refractivity (Wildman–Crippen MR) is 75.9 cm³/mol. The number of nitrogens with two attached hydrogens (primary N) is 1. The SMILES string of the molecule is Cc1c(C)n(C(C2CC2)C2CC2)c2ncnc(N)c12. The van der Waals surface area contributed by atoms with Crippen LogP contribution < -0.4 is 5.73 Å². The van der Waals surface area contributed by atoms with E-state index in [1.54, 1.807) is 6.33 Å². The highest BCUT2D eigenvalue weighted by Crippen LogP contribution is 2.53. The minimum atomic E-state index is 0.620. The Bertz CT molecular complexity index is 638. The molecular formula is C15H20N4. The predicted octanol–water partition coefficient (Wildman–Crippen LogP) is 2.99. The number of nitrogen functional groups attached to an aromatic ring is 1. The normalized spacial score (nSPS) is 19.5. The molecule has 2 saturated carbocycles. The van der Waals surface area contributed by atoms with Gasteiger partial charge >= 0.3 is 0 Å². The van der Waals surface area contributed by atoms with Crippen LogP contribution >= 0.6 is 0 Å². The fourth-order valence-electron chi connectivity index (χ4n) is 3.50. The zero-order chi connectivity index (χ0) is 13.1. The lowest BCUT2D eigenvalue weighted by Crippen LogP contribution is -2.15. The second-order valence-corrected chi connectivity index (χ2v) is 6.20. The Balaban J connectivity index is 1.97. The lowest BCUT2D eigenvalue weighted by atomic mass is 10.1. The van der Waals surface area contributed by atoms with E-state index >= 15 is 0 Å². The lowest BCUT2D eigenvalue weighted by molar-refractivity contribution is 0.397. The summed E-state index contributed by atoms with van der Waals surface area (Å²) in [5.41, 5.74) is 9.68. The molecule has 2 aromatic heterocycles. The average molecular weight is 256 g/mol. The van der Waals surface area contributed by atoms with Crippen molar-refractivity contribution in [3.8, 4) is 0 Å². The smallest absolute Gasteiger partial charge is 0.146 e. The first-order valence-electron chi connectivity index (χ1n) is 7.26. The van der Waals surface area contributed by atoms with Crippen molar-refractivity contribution in [2.45, 2.75) is 45.6 Å². The van der Waals surface area contributed by atoms with E-state index in [4.69, 9.17) is 5.73 Å². The molecule has 2 fully saturated rings. The van der Waals surface area contributed by atoms with Gasteiger partial charge in [0.15, 0.2) is 0 Å². The van der Waals surface area contributed by atoms with Gasteiger partial charge < -0.3 is 10.3 Å². The lowest BCUT2D eigenvalue weighted by Gasteiger charge is -2.21. The Hall–Kier alpha value is -1.58. The molecule has 2 heterocycles. The number of nitrogens with zero attached hydrogens (tertiary/aromatic N) is 3. The van der Waals surface area contributed by atoms with Crippen LogP contribution in [0.5, 0.6) is 0 Å². The summed E-state index contributed by atoms with van der Waals surface area (Å²) in [6.07, 6.45) is 7.10. The van der Waals surface area contributed by atoms with E-state index in [9.17, 15) is 0 Å². The van der Waals surface area contributed by atoms with E-state index in [0.29, 0.717) is 11.9 Å². The van der Waals surface area contributed by atoms with Crippen molar-refractivity contribution >= 4 is 16.9 Å². The van der Waals surface area contributed by atoms with E-state index in [1.165, 1.54) is 36.9 Å². The quantitative estimate of drug-likeness (QED) is 0.918. The molecule has 19 heavy (non-hydrogen) atoms. The molecule has 2 aliphatic rings. The molecule has 0 saturated heterocycles. The summed E-state index contributed by atoms with van der Waals surface area (Å²) in [5, 5.41) is 1.06. The molecule has 4 heteroatoms. The largest absolute Gasteiger partial charge is 0.383 e. The molecule has 0 spiro atoms. The highest BCUT2D eigenvalue weighted by Gasteiger charge is 2.43. The fourth-order valence-corrected chi connectivity index (χ4v) is 3.50. The van der Waals surface area contributed by atoms with Gasteiger partial charge in [0, 0.05) is 11.7 Å². The molecular weight excluding hydrogens is 236 g/mol. The third kappa shape index (κ3) is 1.58. The molecule has 2 aliphatic carbocycles. The van der Waals surface area contributed by atoms with Crippen LogP contribution in [-0.2, 0) is 0 Å². The van der Waals surface area contributed by atoms with Crippen molar-refractivity contribution in [2.75, 3.05) is 5.73 Å². The van der Waals surface area contributed by atoms with Crippen molar-refractivity contribution < 1.29 is 0 Å². The van der Waals surface area contributed by atoms with Crippen molar-refractivity contribution in [2.24, 2.45) is 11.8 Å². The van der Waals surface area contributed by atoms with E-state index in [-0.39, 0.29) is 0 Å². The summed E-state index contributed by atoms with van der Waals surface area (Å²) in [7, 11) is 0. The van der Waals surface area contributed by atoms with E-state index in [2.05, 4.69) is 28.4 Å². The first-order valence-corrected chi connectivity index (χ1v) is 7.26. The van der Waals surface area contributed by atoms with Gasteiger partial charge in [0.25, 0.3) is 0 Å². The van der Waals surface area contributed by atoms with Crippen LogP contribution in [-0.4, -0.2) is 14.5 Å². The first kappa shape index (κ1) is 11.3. The molecule has 0 aliphatic heterocycles. The van der Waals surface area contributed by atoms with Gasteiger partial charge in [0.2, 0.25) is 0 Å². The van der Waals surface area contributed by atoms with Crippen LogP contribution in [0.1, 0.15) is 43.0 Å². The van der Waals surface area contributed by atoms with Crippen LogP contribution in [0.25, 0.3) is 11.0 Å². The molecule has 4 nitrogen and oxygen atoms in total. The average Bonchev–Trinajstić information content (AvgIpc) is 3.26. The summed E-state index contributed by atoms with van der Waals surface area (Å²) in [4.78, 5) is 8.69. The number of fused-ring (bicyclic) bond motifs is 1. The number of rotatable bonds is 3. The molecule has 0 unspecified atom stereocenters. The summed E-state index contributed by atoms with van der Waals surface area (Å²) in [5.74, 6) is 2.34. The van der Waals surface area contributed by atoms with Crippen LogP contribution in [0.2, 0.25) is 0 Å². The maximum Gasteiger partial charge on any atom is 0.146 e. The second-order valence-electron chi connectivity index (χ2n) is 6.20. The summed E-state index contributed by atoms with van der Waals surface area (Å²) >= 11 is 0. The number of hydrogen-bond acceptors (Lipinski definition) is 3. The minimum absolute atomic E-state index is 0.620. The van der Waals surface area contributed by atoms with Crippen molar-refractivity contribution in [1.29, 1.82) is 0 Å². The molecule has 0 aromatic carbocycles. The molecule has 0 radical (unpaired) electrons. The summed E-state index contributed by atoms with van der Waals surface area (Å²) in [6.45, 7) is 4.35. The van der Waals surface area contributed by atoms with Crippen LogP contribution in [0.15, 0.2) is 6.33 Å². The van der Waals surface area contributed by atoms with Crippen LogP contribution in [0.4, 0.5) is 5.82 Å². The second kappa shape index (κ2) is 3.71. The summed E-state index contributed by atoms with van der Waals surface area (Å²) < 4.78 is 2.47. The van der Waals surface area contributed by atoms with Gasteiger partial charge in [-0.25, -0.2) is 9.97 Å². The Morgan fingerprint density at radius 1 is 1.16 bits per heavy atom. The van der Waals surface area contributed by atoms with E-state index < -0.39 is 0 Å². The number of hydrogen-bond donors (Lipinski definition) is 1. The van der Waals surface area contributed by atoms with Crippen molar-refractivity contribution in [1.82, 2.24) is 14.5 Å². The van der Waals surface area contributed by atoms with E-state index in [0.717, 1.165) is 22.9 Å². The molecule has 4 rings (SSSR count). The highest BCUT2D eigenvalue weighted by atomic mass is 15.1. The zero-order valence-electron chi connectivity index (χ0n) is 11.6. The Morgan fingerprint density at radius 3 is 2.37 bits per heavy atom. The maximum absolute atomic E-state index is 6.06. The standard InChI is InChI=1S/C15H20N4/c1-8-9(2)19(13(10-3-4-10)11-5-6-11)15-12(8)14(16)17-7-18-15/h7,10-11,13H,3-6H2,1-2H3,(H2,16,17,18). The Labute approximate surface area is 113 Å². The van der Waals surface area contributed by atoms with Gasteiger partial charge in [-0.2, -0.15) is 0 Å². The molecule has 0 amide bonds. The number of aromatic nitrogens is 3. The Kier molecular flexibility index (Phi) is 2.20. The zero-order valence-corrected chi connectivity index (χ0v) is 11.6. The first-order chi connectivity index (χ1) is 9.18. The molecule has 0 bridgehead atoms. The van der Waals surface area contributed by atoms with Crippen LogP contribution in [0.3, 0.4) is 0 Å². The highest BCUT2D eigenvalue weighted by molar-refractivity contribution is 5.90. The monoisotopic (exact) mass is 256 g/mol. The van der Waals surface area contributed by atoms with Crippen LogP contribution in [0, 0.1) is 25.7 Å². The van der Waals surface area contributed by atoms with E-state index in [1.807, 2.05) is 0 Å². The third-order valence-corrected chi connectivity index (χ3v) is 4.87. The van der Waals surface area contributed by atoms with Crippen molar-refractivity contribution in [3.63, 3.8) is 0 Å². The number of anilines is 1. The molecule has 0 atom stereocenters. The molecule has 2 aromatic rings. The van der Waals surface area contributed by atoms with Gasteiger partial charge in [-0.15, -0.1) is 0 Å². The topological polar surface area (TPSA) is 56.7 Å². The van der Waals surface area contributed by atoms with Gasteiger partial charge in [0.05, 0.1) is 5.39 Å². The van der Waals surface area contributed by atoms with Gasteiger partial charge in [-0.3, -0.25) is 0 Å². The summed E-state index contributed by atoms with van der Waals surface area (Å²) in [6, 6.07) is 0.644. The maximum atomic E-state index is 6.06. The number of aryl methyl sites for hydroxylation is 1. The van der Waals surface area contributed by atoms with Gasteiger partial charge in [-0.05, 0) is 56.9 Å².